The fourth-order valence-corrected chi connectivity index (χ4v) is 5.90. The molecule has 2 heterocycles. The molecule has 0 atom stereocenters. The molecule has 30 heavy (non-hydrogen) atoms. The first kappa shape index (κ1) is 22.4. The number of sulfonamides is 1. The smallest absolute Gasteiger partial charge is 0.254 e. The molecule has 1 aliphatic rings. The van der Waals surface area contributed by atoms with Gasteiger partial charge in [0, 0.05) is 39.1 Å². The van der Waals surface area contributed by atoms with Gasteiger partial charge >= 0.3 is 0 Å². The Labute approximate surface area is 177 Å². The lowest BCUT2D eigenvalue weighted by Gasteiger charge is -2.31. The van der Waals surface area contributed by atoms with Crippen molar-refractivity contribution in [1.29, 1.82) is 0 Å². The Morgan fingerprint density at radius 3 is 2.43 bits per heavy atom. The van der Waals surface area contributed by atoms with E-state index in [1.165, 1.54) is 28.7 Å². The lowest BCUT2D eigenvalue weighted by atomic mass is 9.98. The van der Waals surface area contributed by atoms with Crippen LogP contribution in [-0.2, 0) is 26.9 Å². The maximum atomic E-state index is 13.1. The van der Waals surface area contributed by atoms with Crippen molar-refractivity contribution in [3.8, 4) is 0 Å². The molecule has 1 fully saturated rings. The number of nitrogens with zero attached hydrogens (tertiary/aromatic N) is 3. The third-order valence-corrected chi connectivity index (χ3v) is 8.45. The van der Waals surface area contributed by atoms with Gasteiger partial charge in [0.1, 0.15) is 0 Å². The summed E-state index contributed by atoms with van der Waals surface area (Å²) >= 11 is 0. The van der Waals surface area contributed by atoms with Gasteiger partial charge in [0.25, 0.3) is 5.91 Å². The molecule has 1 saturated heterocycles. The summed E-state index contributed by atoms with van der Waals surface area (Å²) in [5.41, 5.74) is 0.993. The Kier molecular flexibility index (Phi) is 6.34. The monoisotopic (exact) mass is 454 g/mol. The van der Waals surface area contributed by atoms with E-state index >= 15 is 0 Å². The molecule has 1 amide bonds. The minimum Gasteiger partial charge on any atom is -0.352 e. The van der Waals surface area contributed by atoms with Gasteiger partial charge in [-0.1, -0.05) is 6.07 Å². The van der Waals surface area contributed by atoms with E-state index in [4.69, 9.17) is 0 Å². The molecule has 0 radical (unpaired) electrons. The number of hydrogen-bond donors (Lipinski definition) is 1. The van der Waals surface area contributed by atoms with Crippen molar-refractivity contribution < 1.29 is 21.6 Å². The summed E-state index contributed by atoms with van der Waals surface area (Å²) < 4.78 is 52.8. The molecule has 9 nitrogen and oxygen atoms in total. The van der Waals surface area contributed by atoms with Crippen LogP contribution in [0.15, 0.2) is 40.4 Å². The van der Waals surface area contributed by atoms with Crippen LogP contribution in [0.1, 0.15) is 28.8 Å². The van der Waals surface area contributed by atoms with Gasteiger partial charge in [-0.15, -0.1) is 0 Å². The van der Waals surface area contributed by atoms with E-state index in [1.807, 2.05) is 0 Å². The topological polar surface area (TPSA) is 118 Å². The highest BCUT2D eigenvalue weighted by atomic mass is 32.2. The number of carbonyl (C=O) groups is 1. The third kappa shape index (κ3) is 4.90. The molecule has 2 aromatic rings. The van der Waals surface area contributed by atoms with Gasteiger partial charge in [0.2, 0.25) is 10.0 Å². The van der Waals surface area contributed by atoms with Gasteiger partial charge in [0.05, 0.1) is 21.6 Å². The van der Waals surface area contributed by atoms with Gasteiger partial charge in [-0.3, -0.25) is 9.48 Å². The van der Waals surface area contributed by atoms with Crippen LogP contribution in [0.25, 0.3) is 0 Å². The van der Waals surface area contributed by atoms with Gasteiger partial charge in [-0.25, -0.2) is 16.8 Å². The van der Waals surface area contributed by atoms with E-state index in [2.05, 4.69) is 10.4 Å². The van der Waals surface area contributed by atoms with E-state index in [0.717, 1.165) is 6.26 Å². The highest BCUT2D eigenvalue weighted by Gasteiger charge is 2.31. The molecule has 0 spiro atoms. The van der Waals surface area contributed by atoms with Crippen molar-refractivity contribution in [3.63, 3.8) is 0 Å². The summed E-state index contributed by atoms with van der Waals surface area (Å²) in [5, 5.41) is 6.84. The number of amides is 1. The lowest BCUT2D eigenvalue weighted by Crippen LogP contribution is -2.41. The van der Waals surface area contributed by atoms with Crippen molar-refractivity contribution in [2.24, 2.45) is 13.0 Å². The Balaban J connectivity index is 1.63. The van der Waals surface area contributed by atoms with Crippen LogP contribution in [0.2, 0.25) is 0 Å². The standard InChI is InChI=1S/C19H26N4O5S2/c1-14-4-5-17(29(3,25)26)10-18(14)30(27,28)23-8-6-15(7-9-23)11-20-19(24)16-12-21-22(2)13-16/h4-5,10,12-13,15H,6-9,11H2,1-3H3,(H,20,24). The second-order valence-corrected chi connectivity index (χ2v) is 11.6. The molecule has 0 bridgehead atoms. The molecular weight excluding hydrogens is 428 g/mol. The molecule has 1 N–H and O–H groups in total. The highest BCUT2D eigenvalue weighted by molar-refractivity contribution is 7.91. The molecule has 0 unspecified atom stereocenters. The maximum absolute atomic E-state index is 13.1. The minimum absolute atomic E-state index is 0.0142. The summed E-state index contributed by atoms with van der Waals surface area (Å²) in [4.78, 5) is 12.1. The van der Waals surface area contributed by atoms with Crippen molar-refractivity contribution >= 4 is 25.8 Å². The zero-order chi connectivity index (χ0) is 22.1. The fraction of sp³-hybridized carbons (Fsp3) is 0.474. The number of hydrogen-bond acceptors (Lipinski definition) is 6. The van der Waals surface area contributed by atoms with Crippen molar-refractivity contribution in [3.05, 3.63) is 41.7 Å². The van der Waals surface area contributed by atoms with Gasteiger partial charge in [-0.05, 0) is 43.4 Å². The summed E-state index contributed by atoms with van der Waals surface area (Å²) in [5.74, 6) is -0.0353. The zero-order valence-electron chi connectivity index (χ0n) is 17.2. The molecular formula is C19H26N4O5S2. The molecule has 0 saturated carbocycles. The predicted octanol–water partition coefficient (Wildman–Crippen LogP) is 0.963. The van der Waals surface area contributed by atoms with Gasteiger partial charge < -0.3 is 5.32 Å². The number of piperidine rings is 1. The summed E-state index contributed by atoms with van der Waals surface area (Å²) in [6, 6.07) is 4.17. The number of sulfone groups is 1. The summed E-state index contributed by atoms with van der Waals surface area (Å²) in [6.45, 7) is 2.75. The summed E-state index contributed by atoms with van der Waals surface area (Å²) in [7, 11) is -5.57. The first-order chi connectivity index (χ1) is 14.0. The van der Waals surface area contributed by atoms with Crippen molar-refractivity contribution in [2.45, 2.75) is 29.6 Å². The van der Waals surface area contributed by atoms with Crippen LogP contribution in [0.3, 0.4) is 0 Å². The second-order valence-electron chi connectivity index (χ2n) is 7.66. The van der Waals surface area contributed by atoms with E-state index < -0.39 is 19.9 Å². The maximum Gasteiger partial charge on any atom is 0.254 e. The molecule has 1 aromatic carbocycles. The third-order valence-electron chi connectivity index (χ3n) is 5.30. The quantitative estimate of drug-likeness (QED) is 0.695. The van der Waals surface area contributed by atoms with Crippen LogP contribution in [0, 0.1) is 12.8 Å². The van der Waals surface area contributed by atoms with Gasteiger partial charge in [-0.2, -0.15) is 9.40 Å². The van der Waals surface area contributed by atoms with Crippen LogP contribution in [0.5, 0.6) is 0 Å². The number of nitrogens with one attached hydrogen (secondary N) is 1. The van der Waals surface area contributed by atoms with Crippen molar-refractivity contribution in [2.75, 3.05) is 25.9 Å². The lowest BCUT2D eigenvalue weighted by molar-refractivity contribution is 0.0941. The molecule has 1 aromatic heterocycles. The van der Waals surface area contributed by atoms with Crippen LogP contribution < -0.4 is 5.32 Å². The number of aryl methyl sites for hydroxylation is 2. The SMILES string of the molecule is Cc1ccc(S(C)(=O)=O)cc1S(=O)(=O)N1CCC(CNC(=O)c2cnn(C)c2)CC1. The Bertz CT molecular complexity index is 1150. The molecule has 164 valence electrons. The second kappa shape index (κ2) is 8.48. The van der Waals surface area contributed by atoms with E-state index in [1.54, 1.807) is 24.9 Å². The average Bonchev–Trinajstić information content (AvgIpc) is 3.12. The van der Waals surface area contributed by atoms with E-state index in [9.17, 15) is 21.6 Å². The Hall–Kier alpha value is -2.24. The van der Waals surface area contributed by atoms with Gasteiger partial charge in [0.15, 0.2) is 9.84 Å². The number of benzene rings is 1. The van der Waals surface area contributed by atoms with E-state index in [0.29, 0.717) is 43.6 Å². The zero-order valence-corrected chi connectivity index (χ0v) is 18.8. The molecule has 3 rings (SSSR count). The number of rotatable bonds is 6. The minimum atomic E-state index is -3.80. The molecule has 1 aliphatic heterocycles. The Morgan fingerprint density at radius 2 is 1.87 bits per heavy atom. The van der Waals surface area contributed by atoms with E-state index in [-0.39, 0.29) is 21.6 Å². The fourth-order valence-electron chi connectivity index (χ4n) is 3.46. The normalized spacial score (nSPS) is 16.5. The first-order valence-electron chi connectivity index (χ1n) is 9.56. The Morgan fingerprint density at radius 1 is 1.20 bits per heavy atom. The largest absolute Gasteiger partial charge is 0.352 e. The summed E-state index contributed by atoms with van der Waals surface area (Å²) in [6.07, 6.45) is 5.41. The highest BCUT2D eigenvalue weighted by Crippen LogP contribution is 2.27. The number of aromatic nitrogens is 2. The first-order valence-corrected chi connectivity index (χ1v) is 12.9. The average molecular weight is 455 g/mol. The van der Waals surface area contributed by atoms with Crippen LogP contribution >= 0.6 is 0 Å². The molecule has 11 heteroatoms. The predicted molar refractivity (Wildman–Crippen MR) is 111 cm³/mol. The van der Waals surface area contributed by atoms with Crippen molar-refractivity contribution in [1.82, 2.24) is 19.4 Å². The van der Waals surface area contributed by atoms with Crippen LogP contribution in [-0.4, -0.2) is 62.7 Å². The molecule has 0 aliphatic carbocycles. The van der Waals surface area contributed by atoms with Crippen LogP contribution in [0.4, 0.5) is 0 Å². The number of carbonyl (C=O) groups excluding carboxylic acids is 1.